The van der Waals surface area contributed by atoms with Crippen LogP contribution in [0.15, 0.2) is 37.1 Å². The van der Waals surface area contributed by atoms with Crippen LogP contribution in [0.5, 0.6) is 0 Å². The van der Waals surface area contributed by atoms with Crippen LogP contribution >= 0.6 is 0 Å². The van der Waals surface area contributed by atoms with Gasteiger partial charge in [-0.3, -0.25) is 4.79 Å². The van der Waals surface area contributed by atoms with Gasteiger partial charge in [0.1, 0.15) is 5.78 Å². The van der Waals surface area contributed by atoms with E-state index in [1.54, 1.807) is 6.20 Å². The first-order valence-corrected chi connectivity index (χ1v) is 34.7. The van der Waals surface area contributed by atoms with E-state index in [1.807, 2.05) is 0 Å². The number of likely N-dealkylation sites (tertiary alicyclic amines) is 1. The van der Waals surface area contributed by atoms with Crippen molar-refractivity contribution >= 4 is 5.78 Å². The van der Waals surface area contributed by atoms with Gasteiger partial charge in [-0.05, 0) is 173 Å². The van der Waals surface area contributed by atoms with Crippen molar-refractivity contribution in [1.82, 2.24) is 10.2 Å². The number of unbranched alkanes of at least 4 members (excludes halogenated alkanes) is 21. The molecule has 2 N–H and O–H groups in total. The summed E-state index contributed by atoms with van der Waals surface area (Å²) < 4.78 is 6.29. The second-order valence-electron chi connectivity index (χ2n) is 23.6. The van der Waals surface area contributed by atoms with E-state index in [9.17, 15) is 4.79 Å². The highest BCUT2D eigenvalue weighted by atomic mass is 16.5. The van der Waals surface area contributed by atoms with E-state index < -0.39 is 0 Å². The highest BCUT2D eigenvalue weighted by Crippen LogP contribution is 2.26. The lowest BCUT2D eigenvalue weighted by molar-refractivity contribution is -0.119. The second-order valence-corrected chi connectivity index (χ2v) is 23.6. The Morgan fingerprint density at radius 1 is 0.481 bits per heavy atom. The molecule has 1 aliphatic heterocycles. The van der Waals surface area contributed by atoms with Crippen LogP contribution in [-0.2, 0) is 9.53 Å². The zero-order chi connectivity index (χ0) is 59.6. The summed E-state index contributed by atoms with van der Waals surface area (Å²) >= 11 is 0. The van der Waals surface area contributed by atoms with Gasteiger partial charge in [-0.1, -0.05) is 169 Å². The van der Waals surface area contributed by atoms with Crippen molar-refractivity contribution in [1.29, 1.82) is 0 Å². The first kappa shape index (κ1) is 79.9. The Labute approximate surface area is 506 Å². The summed E-state index contributed by atoms with van der Waals surface area (Å²) in [5.41, 5.74) is 2.84. The number of aliphatic hydroxyl groups excluding tert-OH is 1. The fraction of sp³-hybridized carbons (Fsp3) is 0.803. The third-order valence-corrected chi connectivity index (χ3v) is 15.5. The Bertz CT molecular complexity index is 1630. The fourth-order valence-corrected chi connectivity index (χ4v) is 10.2. The van der Waals surface area contributed by atoms with Crippen molar-refractivity contribution in [2.24, 2.45) is 5.92 Å². The average molecular weight is 1120 g/mol. The van der Waals surface area contributed by atoms with E-state index in [1.165, 1.54) is 178 Å². The van der Waals surface area contributed by atoms with Crippen molar-refractivity contribution < 1.29 is 14.6 Å². The molecule has 0 aromatic rings. The SMILES string of the molecule is C=C(CCCCCN1CCCC1)CC(CCC)CCCCCC.C=CNC(CCC(=C)CCCCC(CCCC#CCCCC)OCCC#CCCCC)CCC(=O)CCCCCCC#CCCCC.CCCCC#CCCCCO. The van der Waals surface area contributed by atoms with Crippen LogP contribution in [0.25, 0.3) is 0 Å². The molecular weight excluding hydrogens is 989 g/mol. The van der Waals surface area contributed by atoms with E-state index in [4.69, 9.17) is 9.84 Å². The summed E-state index contributed by atoms with van der Waals surface area (Å²) in [6.45, 7) is 31.1. The quantitative estimate of drug-likeness (QED) is 0.0361. The first-order chi connectivity index (χ1) is 39.7. The zero-order valence-corrected chi connectivity index (χ0v) is 54.9. The molecule has 0 spiro atoms. The van der Waals surface area contributed by atoms with E-state index in [-0.39, 0.29) is 6.04 Å². The minimum atomic E-state index is 0.285. The van der Waals surface area contributed by atoms with Crippen molar-refractivity contribution in [2.75, 3.05) is 32.8 Å². The monoisotopic (exact) mass is 1120 g/mol. The second kappa shape index (κ2) is 67.6. The molecule has 1 aliphatic rings. The number of carbonyl (C=O) groups is 1. The lowest BCUT2D eigenvalue weighted by Gasteiger charge is -2.19. The van der Waals surface area contributed by atoms with Gasteiger partial charge in [0.05, 0.1) is 12.7 Å². The molecule has 5 heteroatoms. The first-order valence-electron chi connectivity index (χ1n) is 34.7. The molecule has 1 saturated heterocycles. The predicted molar refractivity (Wildman–Crippen MR) is 359 cm³/mol. The Kier molecular flexibility index (Phi) is 66.7. The number of rotatable bonds is 51. The number of hydrogen-bond acceptors (Lipinski definition) is 5. The summed E-state index contributed by atoms with van der Waals surface area (Å²) in [5, 5.41) is 11.8. The molecule has 0 radical (unpaired) electrons. The summed E-state index contributed by atoms with van der Waals surface area (Å²) in [5.74, 6) is 27.3. The molecule has 1 rings (SSSR count). The molecule has 3 unspecified atom stereocenters. The van der Waals surface area contributed by atoms with Crippen LogP contribution in [0.4, 0.5) is 0 Å². The maximum atomic E-state index is 12.5. The van der Waals surface area contributed by atoms with Crippen LogP contribution in [0.1, 0.15) is 343 Å². The van der Waals surface area contributed by atoms with Gasteiger partial charge in [-0.2, -0.15) is 0 Å². The molecule has 0 amide bonds. The number of nitrogens with zero attached hydrogens (tertiary/aromatic N) is 1. The summed E-state index contributed by atoms with van der Waals surface area (Å²) in [6, 6.07) is 0.285. The van der Waals surface area contributed by atoms with Gasteiger partial charge in [0.15, 0.2) is 0 Å². The molecule has 1 heterocycles. The van der Waals surface area contributed by atoms with Crippen LogP contribution in [-0.4, -0.2) is 60.8 Å². The smallest absolute Gasteiger partial charge is 0.132 e. The van der Waals surface area contributed by atoms with Gasteiger partial charge in [-0.15, -0.1) is 47.4 Å². The highest BCUT2D eigenvalue weighted by Gasteiger charge is 2.14. The number of allylic oxidation sites excluding steroid dienone is 2. The van der Waals surface area contributed by atoms with Gasteiger partial charge in [0.2, 0.25) is 0 Å². The molecule has 0 bridgehead atoms. The molecule has 3 atom stereocenters. The molecule has 0 aromatic heterocycles. The van der Waals surface area contributed by atoms with Crippen LogP contribution in [0, 0.1) is 53.3 Å². The molecule has 0 aromatic carbocycles. The summed E-state index contributed by atoms with van der Waals surface area (Å²) in [7, 11) is 0. The van der Waals surface area contributed by atoms with Gasteiger partial charge < -0.3 is 20.1 Å². The Morgan fingerprint density at radius 3 is 1.53 bits per heavy atom. The van der Waals surface area contributed by atoms with Gasteiger partial charge in [0.25, 0.3) is 0 Å². The summed E-state index contributed by atoms with van der Waals surface area (Å²) in [4.78, 5) is 15.2. The lowest BCUT2D eigenvalue weighted by atomic mass is 9.89. The number of hydrogen-bond donors (Lipinski definition) is 2. The largest absolute Gasteiger partial charge is 0.396 e. The van der Waals surface area contributed by atoms with Gasteiger partial charge in [0, 0.05) is 76.9 Å². The van der Waals surface area contributed by atoms with Gasteiger partial charge >= 0.3 is 0 Å². The number of ketones is 1. The van der Waals surface area contributed by atoms with Crippen molar-refractivity contribution in [3.63, 3.8) is 0 Å². The number of ether oxygens (including phenoxy) is 1. The highest BCUT2D eigenvalue weighted by molar-refractivity contribution is 5.78. The standard InChI is InChI=1S/C44H73NO2.C22H43N.C10H18O/c1-6-10-13-16-19-20-21-23-24-27-33-43(46)39-38-42(45-9-4)37-36-41(5)32-29-30-35-44(34-28-25-22-17-14-11-7-2)47-40-31-26-18-15-12-8-3;1-4-6-7-10-16-22(14-5-2)20-21(3)15-9-8-11-17-23-18-12-13-19-23;1-2-3-4-5-6-7-8-9-10-11/h9,42,44-45H,4-8,10-15,20-21,23-25,27-40H2,1-3H3;22H,3-20H2,1-2H3;11H,2-4,7-10H2,1H3. The molecule has 466 valence electrons. The van der Waals surface area contributed by atoms with Crippen LogP contribution in [0.2, 0.25) is 0 Å². The maximum Gasteiger partial charge on any atom is 0.132 e. The van der Waals surface area contributed by atoms with E-state index in [0.717, 1.165) is 154 Å². The zero-order valence-electron chi connectivity index (χ0n) is 54.9. The average Bonchev–Trinajstić information content (AvgIpc) is 3.99. The van der Waals surface area contributed by atoms with Crippen molar-refractivity contribution in [3.05, 3.63) is 37.1 Å². The fourth-order valence-electron chi connectivity index (χ4n) is 10.2. The maximum absolute atomic E-state index is 12.5. The minimum Gasteiger partial charge on any atom is -0.396 e. The summed E-state index contributed by atoms with van der Waals surface area (Å²) in [6.07, 6.45) is 56.2. The molecular formula is C76H134N2O3. The van der Waals surface area contributed by atoms with Crippen molar-refractivity contribution in [3.8, 4) is 47.4 Å². The third-order valence-electron chi connectivity index (χ3n) is 15.5. The number of nitrogens with one attached hydrogen (secondary N) is 1. The van der Waals surface area contributed by atoms with Crippen LogP contribution in [0.3, 0.4) is 0 Å². The van der Waals surface area contributed by atoms with Crippen LogP contribution < -0.4 is 5.32 Å². The molecule has 0 saturated carbocycles. The number of carbonyl (C=O) groups excluding carboxylic acids is 1. The third kappa shape index (κ3) is 62.7. The van der Waals surface area contributed by atoms with E-state index >= 15 is 0 Å². The number of Topliss-reactive ketones (excluding diaryl/α,β-unsaturated/α-hetero) is 1. The van der Waals surface area contributed by atoms with Gasteiger partial charge in [-0.25, -0.2) is 0 Å². The Balaban J connectivity index is 0. The topological polar surface area (TPSA) is 61.8 Å². The Hall–Kier alpha value is -3.19. The minimum absolute atomic E-state index is 0.285. The number of aliphatic hydroxyl groups is 1. The molecule has 5 nitrogen and oxygen atoms in total. The molecule has 0 aliphatic carbocycles. The lowest BCUT2D eigenvalue weighted by Crippen LogP contribution is -2.25. The molecule has 1 fully saturated rings. The molecule has 81 heavy (non-hydrogen) atoms. The Morgan fingerprint density at radius 2 is 0.951 bits per heavy atom. The predicted octanol–water partition coefficient (Wildman–Crippen LogP) is 21.5. The normalized spacial score (nSPS) is 12.7. The van der Waals surface area contributed by atoms with E-state index in [0.29, 0.717) is 31.3 Å². The van der Waals surface area contributed by atoms with E-state index in [2.05, 4.69) is 119 Å². The van der Waals surface area contributed by atoms with Crippen molar-refractivity contribution in [2.45, 2.75) is 355 Å².